The van der Waals surface area contributed by atoms with Gasteiger partial charge in [0.1, 0.15) is 0 Å². The molecule has 0 fully saturated rings. The van der Waals surface area contributed by atoms with Crippen molar-refractivity contribution in [1.29, 1.82) is 0 Å². The topological polar surface area (TPSA) is 104 Å². The van der Waals surface area contributed by atoms with Gasteiger partial charge in [-0.05, 0) is 65.1 Å². The Morgan fingerprint density at radius 1 is 0.656 bits per heavy atom. The molecule has 0 aromatic heterocycles. The van der Waals surface area contributed by atoms with Crippen molar-refractivity contribution in [2.24, 2.45) is 0 Å². The van der Waals surface area contributed by atoms with Crippen LogP contribution in [-0.2, 0) is 0 Å². The Morgan fingerprint density at radius 3 is 1.75 bits per heavy atom. The van der Waals surface area contributed by atoms with Crippen LogP contribution in [0, 0.1) is 3.57 Å². The summed E-state index contributed by atoms with van der Waals surface area (Å²) in [5.74, 6) is -3.61. The molecule has 0 saturated heterocycles. The SMILES string of the molecule is O=C(Nc1ccccc1I)c1ccc2c(c1)C(=O)N(N1C(=O)c3ccccc3C1=O)C2=O. The van der Waals surface area contributed by atoms with Crippen LogP contribution >= 0.6 is 22.6 Å². The van der Waals surface area contributed by atoms with Crippen molar-refractivity contribution in [2.75, 3.05) is 5.32 Å². The van der Waals surface area contributed by atoms with Gasteiger partial charge in [0.05, 0.1) is 27.9 Å². The van der Waals surface area contributed by atoms with E-state index in [0.29, 0.717) is 15.7 Å². The molecule has 3 aromatic carbocycles. The molecule has 0 spiro atoms. The first-order valence-electron chi connectivity index (χ1n) is 9.45. The van der Waals surface area contributed by atoms with Gasteiger partial charge in [0.2, 0.25) is 0 Å². The molecule has 32 heavy (non-hydrogen) atoms. The summed E-state index contributed by atoms with van der Waals surface area (Å²) >= 11 is 2.09. The molecular weight excluding hydrogens is 525 g/mol. The Labute approximate surface area is 194 Å². The van der Waals surface area contributed by atoms with Crippen LogP contribution in [0.3, 0.4) is 0 Å². The molecule has 5 amide bonds. The van der Waals surface area contributed by atoms with Crippen LogP contribution in [0.5, 0.6) is 0 Å². The highest BCUT2D eigenvalue weighted by Crippen LogP contribution is 2.31. The summed E-state index contributed by atoms with van der Waals surface area (Å²) in [5.41, 5.74) is 0.958. The zero-order valence-electron chi connectivity index (χ0n) is 16.2. The first-order chi connectivity index (χ1) is 15.4. The molecule has 8 nitrogen and oxygen atoms in total. The molecule has 0 unspecified atom stereocenters. The number of carbonyl (C=O) groups excluding carboxylic acids is 5. The van der Waals surface area contributed by atoms with Gasteiger partial charge in [0.25, 0.3) is 29.5 Å². The minimum Gasteiger partial charge on any atom is -0.321 e. The van der Waals surface area contributed by atoms with Gasteiger partial charge in [-0.1, -0.05) is 24.3 Å². The lowest BCUT2D eigenvalue weighted by Gasteiger charge is -2.23. The Balaban J connectivity index is 1.46. The predicted molar refractivity (Wildman–Crippen MR) is 121 cm³/mol. The number of carbonyl (C=O) groups is 5. The molecule has 156 valence electrons. The number of imide groups is 2. The van der Waals surface area contributed by atoms with Crippen molar-refractivity contribution < 1.29 is 24.0 Å². The van der Waals surface area contributed by atoms with E-state index in [1.807, 2.05) is 12.1 Å². The quantitative estimate of drug-likeness (QED) is 0.408. The lowest BCUT2D eigenvalue weighted by molar-refractivity contribution is 0.00845. The van der Waals surface area contributed by atoms with Gasteiger partial charge >= 0.3 is 0 Å². The summed E-state index contributed by atoms with van der Waals surface area (Å²) in [4.78, 5) is 64.1. The first-order valence-corrected chi connectivity index (χ1v) is 10.5. The van der Waals surface area contributed by atoms with Gasteiger partial charge in [0, 0.05) is 9.13 Å². The van der Waals surface area contributed by atoms with E-state index in [1.165, 1.54) is 30.3 Å². The van der Waals surface area contributed by atoms with Crippen molar-refractivity contribution in [2.45, 2.75) is 0 Å². The molecule has 0 bridgehead atoms. The number of anilines is 1. The van der Waals surface area contributed by atoms with Crippen LogP contribution < -0.4 is 5.32 Å². The molecule has 9 heteroatoms. The summed E-state index contributed by atoms with van der Waals surface area (Å²) in [5, 5.41) is 3.86. The normalized spacial score (nSPS) is 14.7. The molecule has 5 rings (SSSR count). The van der Waals surface area contributed by atoms with Crippen molar-refractivity contribution in [3.63, 3.8) is 0 Å². The van der Waals surface area contributed by atoms with E-state index in [9.17, 15) is 24.0 Å². The number of halogens is 1. The highest BCUT2D eigenvalue weighted by atomic mass is 127. The Kier molecular flexibility index (Phi) is 4.63. The fourth-order valence-electron chi connectivity index (χ4n) is 3.67. The average Bonchev–Trinajstić information content (AvgIpc) is 3.19. The van der Waals surface area contributed by atoms with E-state index in [-0.39, 0.29) is 27.8 Å². The molecule has 2 aliphatic rings. The molecule has 2 heterocycles. The number of nitrogens with zero attached hydrogens (tertiary/aromatic N) is 2. The lowest BCUT2D eigenvalue weighted by Crippen LogP contribution is -2.49. The Hall–Kier alpha value is -3.86. The van der Waals surface area contributed by atoms with Crippen LogP contribution in [0.2, 0.25) is 0 Å². The van der Waals surface area contributed by atoms with Gasteiger partial charge in [-0.25, -0.2) is 0 Å². The second kappa shape index (κ2) is 7.38. The summed E-state index contributed by atoms with van der Waals surface area (Å²) in [6.45, 7) is 0. The third-order valence-corrected chi connectivity index (χ3v) is 6.16. The second-order valence-electron chi connectivity index (χ2n) is 7.08. The fraction of sp³-hybridized carbons (Fsp3) is 0. The smallest absolute Gasteiger partial charge is 0.281 e. The van der Waals surface area contributed by atoms with Gasteiger partial charge in [-0.2, -0.15) is 10.0 Å². The summed E-state index contributed by atoms with van der Waals surface area (Å²) in [7, 11) is 0. The van der Waals surface area contributed by atoms with E-state index < -0.39 is 29.5 Å². The third kappa shape index (κ3) is 2.93. The minimum atomic E-state index is -0.844. The van der Waals surface area contributed by atoms with Crippen molar-refractivity contribution >= 4 is 57.8 Å². The van der Waals surface area contributed by atoms with Crippen LogP contribution in [-0.4, -0.2) is 39.6 Å². The molecule has 2 aliphatic heterocycles. The monoisotopic (exact) mass is 537 g/mol. The van der Waals surface area contributed by atoms with Crippen LogP contribution in [0.1, 0.15) is 51.8 Å². The van der Waals surface area contributed by atoms with Crippen LogP contribution in [0.15, 0.2) is 66.7 Å². The number of amides is 5. The fourth-order valence-corrected chi connectivity index (χ4v) is 4.19. The van der Waals surface area contributed by atoms with Crippen LogP contribution in [0.25, 0.3) is 0 Å². The standard InChI is InChI=1S/C23H12IN3O5/c24-17-7-3-4-8-18(17)25-19(28)12-9-10-15-16(11-12)23(32)27(22(15)31)26-20(29)13-5-1-2-6-14(13)21(26)30/h1-11H,(H,25,28). The number of hydrazine groups is 1. The van der Waals surface area contributed by atoms with Gasteiger partial charge in [-0.3, -0.25) is 24.0 Å². The summed E-state index contributed by atoms with van der Waals surface area (Å²) < 4.78 is 0.836. The van der Waals surface area contributed by atoms with Crippen molar-refractivity contribution in [1.82, 2.24) is 10.0 Å². The third-order valence-electron chi connectivity index (χ3n) is 5.22. The largest absolute Gasteiger partial charge is 0.321 e. The van der Waals surface area contributed by atoms with E-state index in [1.54, 1.807) is 24.3 Å². The number of hydrogen-bond donors (Lipinski definition) is 1. The predicted octanol–water partition coefficient (Wildman–Crippen LogP) is 3.35. The number of nitrogens with one attached hydrogen (secondary N) is 1. The molecule has 0 radical (unpaired) electrons. The number of fused-ring (bicyclic) bond motifs is 2. The number of hydrogen-bond acceptors (Lipinski definition) is 5. The first kappa shape index (κ1) is 20.1. The number of rotatable bonds is 3. The average molecular weight is 537 g/mol. The Morgan fingerprint density at radius 2 is 1.16 bits per heavy atom. The summed E-state index contributed by atoms with van der Waals surface area (Å²) in [6.07, 6.45) is 0. The maximum atomic E-state index is 13.0. The lowest BCUT2D eigenvalue weighted by atomic mass is 10.1. The zero-order valence-corrected chi connectivity index (χ0v) is 18.3. The zero-order chi connectivity index (χ0) is 22.6. The van der Waals surface area contributed by atoms with E-state index in [2.05, 4.69) is 27.9 Å². The van der Waals surface area contributed by atoms with Gasteiger partial charge in [0.15, 0.2) is 0 Å². The summed E-state index contributed by atoms with van der Waals surface area (Å²) in [6, 6.07) is 17.4. The number of benzene rings is 3. The highest BCUT2D eigenvalue weighted by molar-refractivity contribution is 14.1. The molecule has 0 atom stereocenters. The van der Waals surface area contributed by atoms with Crippen molar-refractivity contribution in [3.8, 4) is 0 Å². The maximum absolute atomic E-state index is 13.0. The minimum absolute atomic E-state index is 0.0115. The van der Waals surface area contributed by atoms with Crippen molar-refractivity contribution in [3.05, 3.63) is 98.1 Å². The second-order valence-corrected chi connectivity index (χ2v) is 8.25. The van der Waals surface area contributed by atoms with Crippen LogP contribution in [0.4, 0.5) is 5.69 Å². The van der Waals surface area contributed by atoms with Gasteiger partial charge in [-0.15, -0.1) is 0 Å². The molecule has 0 aliphatic carbocycles. The molecular formula is C23H12IN3O5. The maximum Gasteiger partial charge on any atom is 0.281 e. The van der Waals surface area contributed by atoms with Gasteiger partial charge < -0.3 is 5.32 Å². The number of para-hydroxylation sites is 1. The Bertz CT molecular complexity index is 1350. The highest BCUT2D eigenvalue weighted by Gasteiger charge is 2.48. The van der Waals surface area contributed by atoms with E-state index >= 15 is 0 Å². The molecule has 3 aromatic rings. The molecule has 1 N–H and O–H groups in total. The van der Waals surface area contributed by atoms with E-state index in [4.69, 9.17) is 0 Å². The molecule has 0 saturated carbocycles. The van der Waals surface area contributed by atoms with E-state index in [0.717, 1.165) is 3.57 Å².